The van der Waals surface area contributed by atoms with E-state index >= 15 is 0 Å². The minimum Gasteiger partial charge on any atom is -0.463 e. The molecule has 0 aromatic heterocycles. The summed E-state index contributed by atoms with van der Waals surface area (Å²) in [5.74, 6) is -0.794. The van der Waals surface area contributed by atoms with E-state index in [0.29, 0.717) is 6.42 Å². The van der Waals surface area contributed by atoms with Crippen LogP contribution in [0.5, 0.6) is 0 Å². The normalized spacial score (nSPS) is 14.9. The molecule has 0 rings (SSSR count). The number of carbonyl (C=O) groups is 2. The molecule has 220 valence electrons. The molecule has 0 radical (unpaired) electrons. The van der Waals surface area contributed by atoms with E-state index in [1.54, 1.807) is 0 Å². The quantitative estimate of drug-likeness (QED) is 0.0626. The second-order valence-electron chi connectivity index (χ2n) is 8.36. The van der Waals surface area contributed by atoms with Crippen molar-refractivity contribution < 1.29 is 37.9 Å². The predicted octanol–water partition coefficient (Wildman–Crippen LogP) is 5.64. The maximum Gasteiger partial charge on any atom is 0.472 e. The molecule has 0 aromatic rings. The van der Waals surface area contributed by atoms with E-state index in [0.717, 1.165) is 38.5 Å². The Hall–Kier alpha value is -2.55. The number of phosphoric ester groups is 1. The van der Waals surface area contributed by atoms with Gasteiger partial charge in [0.15, 0.2) is 0 Å². The third-order valence-corrected chi connectivity index (χ3v) is 5.71. The van der Waals surface area contributed by atoms with Crippen LogP contribution in [0.25, 0.3) is 0 Å². The molecule has 10 heteroatoms. The summed E-state index contributed by atoms with van der Waals surface area (Å²) in [6.45, 7) is 2.20. The van der Waals surface area contributed by atoms with Crippen LogP contribution in [0, 0.1) is 0 Å². The van der Waals surface area contributed by atoms with E-state index in [-0.39, 0.29) is 32.1 Å². The SMILES string of the molecule is CC/C=C\C/C=C\C/C=C\C/C=C\C/C=C\C/C=C\CCC(=O)NCCOP(=O)(O)OCC(O)COC(C)=O. The van der Waals surface area contributed by atoms with Gasteiger partial charge in [0.2, 0.25) is 5.91 Å². The average molecular weight is 568 g/mol. The number of phosphoric acid groups is 1. The van der Waals surface area contributed by atoms with Crippen LogP contribution in [0.1, 0.15) is 65.2 Å². The molecule has 2 atom stereocenters. The van der Waals surface area contributed by atoms with Crippen molar-refractivity contribution in [2.24, 2.45) is 0 Å². The van der Waals surface area contributed by atoms with Gasteiger partial charge in [-0.15, -0.1) is 0 Å². The topological polar surface area (TPSA) is 131 Å². The Labute approximate surface area is 233 Å². The molecule has 39 heavy (non-hydrogen) atoms. The van der Waals surface area contributed by atoms with Gasteiger partial charge in [0.1, 0.15) is 12.7 Å². The number of esters is 1. The Kier molecular flexibility index (Phi) is 24.0. The zero-order valence-corrected chi connectivity index (χ0v) is 24.2. The molecule has 0 bridgehead atoms. The van der Waals surface area contributed by atoms with Gasteiger partial charge >= 0.3 is 13.8 Å². The van der Waals surface area contributed by atoms with E-state index in [2.05, 4.69) is 82.3 Å². The molecule has 0 aliphatic carbocycles. The molecular weight excluding hydrogens is 521 g/mol. The van der Waals surface area contributed by atoms with Gasteiger partial charge in [-0.05, 0) is 44.9 Å². The molecule has 0 spiro atoms. The van der Waals surface area contributed by atoms with Crippen LogP contribution in [-0.4, -0.2) is 54.3 Å². The third kappa shape index (κ3) is 28.3. The van der Waals surface area contributed by atoms with E-state index in [4.69, 9.17) is 4.52 Å². The highest BCUT2D eigenvalue weighted by Gasteiger charge is 2.23. The average Bonchev–Trinajstić information content (AvgIpc) is 2.90. The fourth-order valence-electron chi connectivity index (χ4n) is 2.77. The van der Waals surface area contributed by atoms with Crippen molar-refractivity contribution in [1.82, 2.24) is 5.32 Å². The van der Waals surface area contributed by atoms with Crippen LogP contribution in [-0.2, 0) is 27.9 Å². The number of nitrogens with one attached hydrogen (secondary N) is 1. The first-order valence-corrected chi connectivity index (χ1v) is 14.9. The van der Waals surface area contributed by atoms with Gasteiger partial charge in [-0.3, -0.25) is 18.6 Å². The second-order valence-corrected chi connectivity index (χ2v) is 9.81. The largest absolute Gasteiger partial charge is 0.472 e. The van der Waals surface area contributed by atoms with Gasteiger partial charge < -0.3 is 20.1 Å². The standard InChI is InChI=1S/C29H46NO8P/c1-3-4-5-6-7-8-9-10-11-12-13-14-15-16-17-18-19-20-21-22-29(33)30-23-24-37-39(34,35)38-26-28(32)25-36-27(2)31/h4-5,7-8,10-11,13-14,16-17,19-20,28,32H,3,6,9,12,15,18,21-26H2,1-2H3,(H,30,33)(H,34,35)/b5-4-,8-7-,11-10-,14-13-,17-16-,20-19-. The van der Waals surface area contributed by atoms with Crippen molar-refractivity contribution in [2.75, 3.05) is 26.4 Å². The number of ether oxygens (including phenoxy) is 1. The number of aliphatic hydroxyl groups is 1. The molecule has 3 N–H and O–H groups in total. The predicted molar refractivity (Wildman–Crippen MR) is 155 cm³/mol. The van der Waals surface area contributed by atoms with E-state index in [1.165, 1.54) is 6.92 Å². The zero-order valence-electron chi connectivity index (χ0n) is 23.3. The summed E-state index contributed by atoms with van der Waals surface area (Å²) < 4.78 is 25.6. The van der Waals surface area contributed by atoms with E-state index < -0.39 is 26.5 Å². The van der Waals surface area contributed by atoms with Gasteiger partial charge in [0.05, 0.1) is 13.2 Å². The molecule has 0 saturated carbocycles. The first-order valence-electron chi connectivity index (χ1n) is 13.4. The van der Waals surface area contributed by atoms with Crippen molar-refractivity contribution in [3.8, 4) is 0 Å². The summed E-state index contributed by atoms with van der Waals surface area (Å²) >= 11 is 0. The second kappa shape index (κ2) is 25.7. The summed E-state index contributed by atoms with van der Waals surface area (Å²) in [6.07, 6.45) is 30.8. The van der Waals surface area contributed by atoms with Crippen LogP contribution >= 0.6 is 7.82 Å². The molecule has 0 heterocycles. The van der Waals surface area contributed by atoms with Crippen molar-refractivity contribution in [1.29, 1.82) is 0 Å². The first kappa shape index (κ1) is 36.5. The van der Waals surface area contributed by atoms with E-state index in [1.807, 2.05) is 12.2 Å². The third-order valence-electron chi connectivity index (χ3n) is 4.72. The number of hydrogen-bond donors (Lipinski definition) is 3. The summed E-state index contributed by atoms with van der Waals surface area (Å²) in [5.41, 5.74) is 0. The smallest absolute Gasteiger partial charge is 0.463 e. The van der Waals surface area contributed by atoms with Crippen LogP contribution < -0.4 is 5.32 Å². The number of aliphatic hydroxyl groups excluding tert-OH is 1. The lowest BCUT2D eigenvalue weighted by Gasteiger charge is -2.15. The van der Waals surface area contributed by atoms with Crippen molar-refractivity contribution in [2.45, 2.75) is 71.3 Å². The molecule has 0 aromatic carbocycles. The van der Waals surface area contributed by atoms with Gasteiger partial charge in [-0.2, -0.15) is 0 Å². The Morgan fingerprint density at radius 1 is 0.795 bits per heavy atom. The molecule has 1 amide bonds. The van der Waals surface area contributed by atoms with E-state index in [9.17, 15) is 24.2 Å². The Bertz CT molecular complexity index is 877. The maximum absolute atomic E-state index is 11.8. The minimum absolute atomic E-state index is 0.0342. The minimum atomic E-state index is -4.39. The van der Waals surface area contributed by atoms with Crippen molar-refractivity contribution in [3.05, 3.63) is 72.9 Å². The van der Waals surface area contributed by atoms with Crippen LogP contribution in [0.4, 0.5) is 0 Å². The molecule has 9 nitrogen and oxygen atoms in total. The molecule has 0 aliphatic heterocycles. The number of amides is 1. The van der Waals surface area contributed by atoms with Gasteiger partial charge in [-0.25, -0.2) is 4.57 Å². The lowest BCUT2D eigenvalue weighted by atomic mass is 10.2. The number of allylic oxidation sites excluding steroid dienone is 12. The van der Waals surface area contributed by atoms with Crippen LogP contribution in [0.3, 0.4) is 0 Å². The fraction of sp³-hybridized carbons (Fsp3) is 0.517. The lowest BCUT2D eigenvalue weighted by Crippen LogP contribution is -2.27. The first-order chi connectivity index (χ1) is 18.8. The van der Waals surface area contributed by atoms with Crippen molar-refractivity contribution >= 4 is 19.7 Å². The highest BCUT2D eigenvalue weighted by atomic mass is 31.2. The van der Waals surface area contributed by atoms with Gasteiger partial charge in [0.25, 0.3) is 0 Å². The molecule has 0 saturated heterocycles. The number of rotatable bonds is 23. The van der Waals surface area contributed by atoms with Gasteiger partial charge in [-0.1, -0.05) is 79.8 Å². The molecule has 0 aliphatic rings. The summed E-state index contributed by atoms with van der Waals surface area (Å²) in [5, 5.41) is 12.1. The molecule has 2 unspecified atom stereocenters. The highest BCUT2D eigenvalue weighted by Crippen LogP contribution is 2.42. The fourth-order valence-corrected chi connectivity index (χ4v) is 3.53. The van der Waals surface area contributed by atoms with Crippen LogP contribution in [0.2, 0.25) is 0 Å². The summed E-state index contributed by atoms with van der Waals surface area (Å²) in [7, 11) is -4.39. The summed E-state index contributed by atoms with van der Waals surface area (Å²) in [4.78, 5) is 32.0. The monoisotopic (exact) mass is 567 g/mol. The Morgan fingerprint density at radius 3 is 1.77 bits per heavy atom. The van der Waals surface area contributed by atoms with Crippen molar-refractivity contribution in [3.63, 3.8) is 0 Å². The Morgan fingerprint density at radius 2 is 1.28 bits per heavy atom. The Balaban J connectivity index is 3.75. The lowest BCUT2D eigenvalue weighted by molar-refractivity contribution is -0.144. The maximum atomic E-state index is 11.8. The summed E-state index contributed by atoms with van der Waals surface area (Å²) in [6, 6.07) is 0. The number of carbonyl (C=O) groups excluding carboxylic acids is 2. The van der Waals surface area contributed by atoms with Gasteiger partial charge in [0, 0.05) is 19.9 Å². The molecule has 0 fully saturated rings. The highest BCUT2D eigenvalue weighted by molar-refractivity contribution is 7.47. The zero-order chi connectivity index (χ0) is 29.0. The van der Waals surface area contributed by atoms with Crippen LogP contribution in [0.15, 0.2) is 72.9 Å². The number of hydrogen-bond acceptors (Lipinski definition) is 7. The molecular formula is C29H46NO8P.